The van der Waals surface area contributed by atoms with Gasteiger partial charge in [0.2, 0.25) is 5.91 Å². The third kappa shape index (κ3) is 3.20. The highest BCUT2D eigenvalue weighted by molar-refractivity contribution is 5.86. The van der Waals surface area contributed by atoms with Crippen LogP contribution in [0.3, 0.4) is 0 Å². The van der Waals surface area contributed by atoms with Gasteiger partial charge in [0.25, 0.3) is 0 Å². The topological polar surface area (TPSA) is 69.6 Å². The van der Waals surface area contributed by atoms with Crippen molar-refractivity contribution in [3.63, 3.8) is 0 Å². The second kappa shape index (κ2) is 5.84. The fourth-order valence-electron chi connectivity index (χ4n) is 2.05. The van der Waals surface area contributed by atoms with E-state index in [0.717, 1.165) is 32.4 Å². The maximum absolute atomic E-state index is 11.8. The van der Waals surface area contributed by atoms with Crippen LogP contribution in [0.25, 0.3) is 0 Å². The molecule has 0 aliphatic carbocycles. The largest absolute Gasteiger partial charge is 0.480 e. The van der Waals surface area contributed by atoms with Gasteiger partial charge < -0.3 is 10.4 Å². The van der Waals surface area contributed by atoms with E-state index in [-0.39, 0.29) is 11.9 Å². The lowest BCUT2D eigenvalue weighted by atomic mass is 10.2. The van der Waals surface area contributed by atoms with Gasteiger partial charge in [0.05, 0.1) is 6.04 Å². The average Bonchev–Trinajstić information content (AvgIpc) is 2.66. The Hall–Kier alpha value is -1.10. The van der Waals surface area contributed by atoms with Crippen molar-refractivity contribution in [1.82, 2.24) is 10.2 Å². The van der Waals surface area contributed by atoms with Crippen molar-refractivity contribution in [1.29, 1.82) is 0 Å². The SMILES string of the molecule is CCCN1CCCC1C(=O)N[C@H](C)C(=O)O. The lowest BCUT2D eigenvalue weighted by molar-refractivity contribution is -0.142. The van der Waals surface area contributed by atoms with E-state index in [4.69, 9.17) is 5.11 Å². The molecule has 0 spiro atoms. The van der Waals surface area contributed by atoms with E-state index >= 15 is 0 Å². The predicted octanol–water partition coefficient (Wildman–Crippen LogP) is 0.450. The van der Waals surface area contributed by atoms with Crippen LogP contribution < -0.4 is 5.32 Å². The van der Waals surface area contributed by atoms with E-state index in [1.54, 1.807) is 0 Å². The molecule has 2 atom stereocenters. The van der Waals surface area contributed by atoms with Crippen LogP contribution >= 0.6 is 0 Å². The van der Waals surface area contributed by atoms with Gasteiger partial charge >= 0.3 is 5.97 Å². The summed E-state index contributed by atoms with van der Waals surface area (Å²) in [4.78, 5) is 24.6. The standard InChI is InChI=1S/C11H20N2O3/c1-3-6-13-7-4-5-9(13)10(14)12-8(2)11(15)16/h8-9H,3-7H2,1-2H3,(H,12,14)(H,15,16)/t8-,9?/m1/s1. The van der Waals surface area contributed by atoms with Crippen LogP contribution in [-0.2, 0) is 9.59 Å². The number of likely N-dealkylation sites (tertiary alicyclic amines) is 1. The summed E-state index contributed by atoms with van der Waals surface area (Å²) in [5, 5.41) is 11.2. The number of amides is 1. The van der Waals surface area contributed by atoms with Gasteiger partial charge in [0, 0.05) is 0 Å². The molecule has 92 valence electrons. The molecule has 5 nitrogen and oxygen atoms in total. The minimum atomic E-state index is -0.992. The van der Waals surface area contributed by atoms with Crippen LogP contribution in [0.15, 0.2) is 0 Å². The lowest BCUT2D eigenvalue weighted by Gasteiger charge is -2.23. The number of aliphatic carboxylic acids is 1. The van der Waals surface area contributed by atoms with Gasteiger partial charge in [-0.15, -0.1) is 0 Å². The van der Waals surface area contributed by atoms with Gasteiger partial charge in [-0.1, -0.05) is 6.92 Å². The number of carbonyl (C=O) groups excluding carboxylic acids is 1. The zero-order valence-electron chi connectivity index (χ0n) is 9.90. The normalized spacial score (nSPS) is 23.0. The van der Waals surface area contributed by atoms with Crippen LogP contribution in [0.5, 0.6) is 0 Å². The molecule has 2 N–H and O–H groups in total. The Morgan fingerprint density at radius 1 is 1.56 bits per heavy atom. The Morgan fingerprint density at radius 2 is 2.25 bits per heavy atom. The number of carboxylic acids is 1. The molecule has 0 saturated carbocycles. The number of hydrogen-bond donors (Lipinski definition) is 2. The number of nitrogens with zero attached hydrogens (tertiary/aromatic N) is 1. The van der Waals surface area contributed by atoms with E-state index in [9.17, 15) is 9.59 Å². The van der Waals surface area contributed by atoms with E-state index in [2.05, 4.69) is 17.1 Å². The maximum Gasteiger partial charge on any atom is 0.325 e. The van der Waals surface area contributed by atoms with Crippen LogP contribution in [0, 0.1) is 0 Å². The van der Waals surface area contributed by atoms with Crippen molar-refractivity contribution >= 4 is 11.9 Å². The molecular formula is C11H20N2O3. The smallest absolute Gasteiger partial charge is 0.325 e. The van der Waals surface area contributed by atoms with Gasteiger partial charge in [-0.3, -0.25) is 14.5 Å². The molecule has 1 rings (SSSR count). The number of nitrogens with one attached hydrogen (secondary N) is 1. The zero-order valence-corrected chi connectivity index (χ0v) is 9.90. The van der Waals surface area contributed by atoms with Crippen molar-refractivity contribution < 1.29 is 14.7 Å². The highest BCUT2D eigenvalue weighted by Crippen LogP contribution is 2.17. The Morgan fingerprint density at radius 3 is 2.81 bits per heavy atom. The fourth-order valence-corrected chi connectivity index (χ4v) is 2.05. The quantitative estimate of drug-likeness (QED) is 0.717. The monoisotopic (exact) mass is 228 g/mol. The lowest BCUT2D eigenvalue weighted by Crippen LogP contribution is -2.48. The first-order valence-corrected chi connectivity index (χ1v) is 5.83. The second-order valence-corrected chi connectivity index (χ2v) is 4.26. The minimum Gasteiger partial charge on any atom is -0.480 e. The molecule has 1 aliphatic heterocycles. The Balaban J connectivity index is 2.49. The number of carboxylic acid groups (broad SMARTS) is 1. The molecule has 1 heterocycles. The minimum absolute atomic E-state index is 0.137. The van der Waals surface area contributed by atoms with Crippen LogP contribution in [-0.4, -0.2) is 47.1 Å². The highest BCUT2D eigenvalue weighted by Gasteiger charge is 2.31. The average molecular weight is 228 g/mol. The number of rotatable bonds is 5. The first kappa shape index (κ1) is 13.0. The van der Waals surface area contributed by atoms with Crippen molar-refractivity contribution in [2.45, 2.75) is 45.2 Å². The van der Waals surface area contributed by atoms with Gasteiger partial charge in [-0.25, -0.2) is 0 Å². The Labute approximate surface area is 95.8 Å². The molecule has 0 aromatic rings. The fraction of sp³-hybridized carbons (Fsp3) is 0.818. The third-order valence-corrected chi connectivity index (χ3v) is 2.91. The molecule has 1 saturated heterocycles. The van der Waals surface area contributed by atoms with Crippen LogP contribution in [0.1, 0.15) is 33.1 Å². The number of hydrogen-bond acceptors (Lipinski definition) is 3. The highest BCUT2D eigenvalue weighted by atomic mass is 16.4. The van der Waals surface area contributed by atoms with Crippen molar-refractivity contribution in [3.05, 3.63) is 0 Å². The van der Waals surface area contributed by atoms with Gasteiger partial charge in [-0.05, 0) is 39.3 Å². The predicted molar refractivity (Wildman–Crippen MR) is 60.1 cm³/mol. The molecule has 16 heavy (non-hydrogen) atoms. The molecule has 0 radical (unpaired) electrons. The first-order valence-electron chi connectivity index (χ1n) is 5.83. The molecule has 0 aromatic carbocycles. The Bertz CT molecular complexity index is 268. The van der Waals surface area contributed by atoms with E-state index < -0.39 is 12.0 Å². The van der Waals surface area contributed by atoms with Gasteiger partial charge in [-0.2, -0.15) is 0 Å². The molecule has 0 aromatic heterocycles. The second-order valence-electron chi connectivity index (χ2n) is 4.26. The van der Waals surface area contributed by atoms with Gasteiger partial charge in [0.1, 0.15) is 6.04 Å². The molecule has 1 amide bonds. The summed E-state index contributed by atoms with van der Waals surface area (Å²) >= 11 is 0. The van der Waals surface area contributed by atoms with E-state index in [0.29, 0.717) is 0 Å². The van der Waals surface area contributed by atoms with Crippen LogP contribution in [0.4, 0.5) is 0 Å². The summed E-state index contributed by atoms with van der Waals surface area (Å²) in [6.07, 6.45) is 2.86. The summed E-state index contributed by atoms with van der Waals surface area (Å²) in [6, 6.07) is -0.946. The number of carbonyl (C=O) groups is 2. The zero-order chi connectivity index (χ0) is 12.1. The van der Waals surface area contributed by atoms with Crippen molar-refractivity contribution in [2.75, 3.05) is 13.1 Å². The van der Waals surface area contributed by atoms with E-state index in [1.807, 2.05) is 0 Å². The Kier molecular flexibility index (Phi) is 4.73. The summed E-state index contributed by atoms with van der Waals surface area (Å²) < 4.78 is 0. The molecule has 0 bridgehead atoms. The molecular weight excluding hydrogens is 208 g/mol. The first-order chi connectivity index (χ1) is 7.56. The third-order valence-electron chi connectivity index (χ3n) is 2.91. The maximum atomic E-state index is 11.8. The summed E-state index contributed by atoms with van der Waals surface area (Å²) in [6.45, 7) is 5.40. The van der Waals surface area contributed by atoms with E-state index in [1.165, 1.54) is 6.92 Å². The van der Waals surface area contributed by atoms with Crippen molar-refractivity contribution in [2.24, 2.45) is 0 Å². The molecule has 1 fully saturated rings. The summed E-state index contributed by atoms with van der Waals surface area (Å²) in [5.74, 6) is -1.14. The van der Waals surface area contributed by atoms with Gasteiger partial charge in [0.15, 0.2) is 0 Å². The summed E-state index contributed by atoms with van der Waals surface area (Å²) in [5.41, 5.74) is 0. The molecule has 5 heteroatoms. The molecule has 1 unspecified atom stereocenters. The van der Waals surface area contributed by atoms with Crippen molar-refractivity contribution in [3.8, 4) is 0 Å². The van der Waals surface area contributed by atoms with Crippen LogP contribution in [0.2, 0.25) is 0 Å². The molecule has 1 aliphatic rings. The summed E-state index contributed by atoms with van der Waals surface area (Å²) in [7, 11) is 0.